The molecule has 1 aliphatic heterocycles. The third kappa shape index (κ3) is 3.70. The molecule has 5 heteroatoms. The molecule has 1 aromatic rings. The molecular weight excluding hydrogens is 230 g/mol. The smallest absolute Gasteiger partial charge is 0.267 e. The van der Waals surface area contributed by atoms with Crippen LogP contribution in [0.1, 0.15) is 29.8 Å². The fraction of sp³-hybridized carbons (Fsp3) is 0.538. The normalized spacial score (nSPS) is 19.4. The van der Waals surface area contributed by atoms with Crippen LogP contribution in [0.2, 0.25) is 0 Å². The molecule has 1 atom stereocenters. The summed E-state index contributed by atoms with van der Waals surface area (Å²) in [6.07, 6.45) is 3.50. The molecule has 0 spiro atoms. The van der Waals surface area contributed by atoms with Gasteiger partial charge < -0.3 is 15.8 Å². The summed E-state index contributed by atoms with van der Waals surface area (Å²) in [5, 5.41) is 3.38. The first-order valence-electron chi connectivity index (χ1n) is 6.36. The molecule has 0 aromatic carbocycles. The molecule has 1 saturated heterocycles. The number of hydrogen-bond acceptors (Lipinski definition) is 4. The Hall–Kier alpha value is -1.62. The molecule has 2 heterocycles. The van der Waals surface area contributed by atoms with Crippen LogP contribution in [0.25, 0.3) is 0 Å². The van der Waals surface area contributed by atoms with Crippen molar-refractivity contribution in [2.45, 2.75) is 19.3 Å². The van der Waals surface area contributed by atoms with Crippen LogP contribution in [0, 0.1) is 5.92 Å². The molecule has 0 bridgehead atoms. The number of nitrogens with zero attached hydrogens (tertiary/aromatic N) is 1. The average Bonchev–Trinajstić information content (AvgIpc) is 2.40. The molecule has 0 aliphatic carbocycles. The molecule has 1 fully saturated rings. The predicted molar refractivity (Wildman–Crippen MR) is 68.5 cm³/mol. The largest absolute Gasteiger partial charge is 0.478 e. The monoisotopic (exact) mass is 249 g/mol. The number of pyridine rings is 1. The maximum atomic E-state index is 11.0. The Labute approximate surface area is 107 Å². The van der Waals surface area contributed by atoms with Gasteiger partial charge in [0.05, 0.1) is 6.61 Å². The minimum atomic E-state index is -0.531. The van der Waals surface area contributed by atoms with Crippen LogP contribution in [0.3, 0.4) is 0 Å². The van der Waals surface area contributed by atoms with E-state index in [-0.39, 0.29) is 5.69 Å². The van der Waals surface area contributed by atoms with E-state index < -0.39 is 5.91 Å². The van der Waals surface area contributed by atoms with E-state index in [1.807, 2.05) is 0 Å². The lowest BCUT2D eigenvalue weighted by Crippen LogP contribution is -2.30. The summed E-state index contributed by atoms with van der Waals surface area (Å²) in [7, 11) is 0. The summed E-state index contributed by atoms with van der Waals surface area (Å²) < 4.78 is 5.55. The molecule has 2 rings (SSSR count). The molecule has 98 valence electrons. The van der Waals surface area contributed by atoms with Gasteiger partial charge in [0.1, 0.15) is 5.69 Å². The van der Waals surface area contributed by atoms with Gasteiger partial charge in [-0.05, 0) is 44.3 Å². The Kier molecular flexibility index (Phi) is 4.52. The fourth-order valence-electron chi connectivity index (χ4n) is 2.13. The van der Waals surface area contributed by atoms with Crippen LogP contribution >= 0.6 is 0 Å². The van der Waals surface area contributed by atoms with Crippen molar-refractivity contribution >= 4 is 5.91 Å². The van der Waals surface area contributed by atoms with E-state index in [0.717, 1.165) is 19.5 Å². The van der Waals surface area contributed by atoms with E-state index in [1.54, 1.807) is 18.2 Å². The molecule has 1 amide bonds. The standard InChI is InChI=1S/C13H19N3O2/c14-13(17)11-4-1-5-12(16-11)18-8-6-10-3-2-7-15-9-10/h1,4-5,10,15H,2-3,6-9H2,(H2,14,17). The number of amides is 1. The highest BCUT2D eigenvalue weighted by atomic mass is 16.5. The van der Waals surface area contributed by atoms with Crippen LogP contribution in [0.15, 0.2) is 18.2 Å². The molecule has 1 unspecified atom stereocenters. The molecular formula is C13H19N3O2. The molecule has 1 aliphatic rings. The van der Waals surface area contributed by atoms with E-state index in [4.69, 9.17) is 10.5 Å². The van der Waals surface area contributed by atoms with E-state index in [0.29, 0.717) is 18.4 Å². The quantitative estimate of drug-likeness (QED) is 0.814. The molecule has 3 N–H and O–H groups in total. The zero-order chi connectivity index (χ0) is 12.8. The predicted octanol–water partition coefficient (Wildman–Crippen LogP) is 0.949. The number of primary amides is 1. The lowest BCUT2D eigenvalue weighted by atomic mass is 9.97. The first-order valence-corrected chi connectivity index (χ1v) is 6.36. The fourth-order valence-corrected chi connectivity index (χ4v) is 2.13. The van der Waals surface area contributed by atoms with Crippen LogP contribution < -0.4 is 15.8 Å². The number of nitrogens with one attached hydrogen (secondary N) is 1. The van der Waals surface area contributed by atoms with E-state index in [9.17, 15) is 4.79 Å². The SMILES string of the molecule is NC(=O)c1cccc(OCCC2CCCNC2)n1. The highest BCUT2D eigenvalue weighted by Crippen LogP contribution is 2.15. The first-order chi connectivity index (χ1) is 8.75. The van der Waals surface area contributed by atoms with Crippen LogP contribution in [-0.2, 0) is 0 Å². The second-order valence-corrected chi connectivity index (χ2v) is 4.57. The van der Waals surface area contributed by atoms with Gasteiger partial charge in [-0.2, -0.15) is 0 Å². The van der Waals surface area contributed by atoms with Crippen LogP contribution in [-0.4, -0.2) is 30.6 Å². The van der Waals surface area contributed by atoms with Crippen molar-refractivity contribution in [2.75, 3.05) is 19.7 Å². The van der Waals surface area contributed by atoms with Crippen molar-refractivity contribution in [3.05, 3.63) is 23.9 Å². The van der Waals surface area contributed by atoms with Gasteiger partial charge >= 0.3 is 0 Å². The Balaban J connectivity index is 1.78. The van der Waals surface area contributed by atoms with Crippen molar-refractivity contribution in [2.24, 2.45) is 11.7 Å². The summed E-state index contributed by atoms with van der Waals surface area (Å²) in [5.74, 6) is 0.616. The number of hydrogen-bond donors (Lipinski definition) is 2. The number of aromatic nitrogens is 1. The number of nitrogens with two attached hydrogens (primary N) is 1. The van der Waals surface area contributed by atoms with Gasteiger partial charge in [0.2, 0.25) is 5.88 Å². The van der Waals surface area contributed by atoms with E-state index >= 15 is 0 Å². The lowest BCUT2D eigenvalue weighted by molar-refractivity contribution is 0.0994. The van der Waals surface area contributed by atoms with Gasteiger partial charge in [-0.15, -0.1) is 0 Å². The van der Waals surface area contributed by atoms with Crippen LogP contribution in [0.5, 0.6) is 5.88 Å². The zero-order valence-electron chi connectivity index (χ0n) is 10.4. The van der Waals surface area contributed by atoms with Gasteiger partial charge in [0.15, 0.2) is 0 Å². The van der Waals surface area contributed by atoms with E-state index in [2.05, 4.69) is 10.3 Å². The summed E-state index contributed by atoms with van der Waals surface area (Å²) in [6.45, 7) is 2.82. The average molecular weight is 249 g/mol. The minimum absolute atomic E-state index is 0.242. The Bertz CT molecular complexity index is 403. The lowest BCUT2D eigenvalue weighted by Gasteiger charge is -2.22. The zero-order valence-corrected chi connectivity index (χ0v) is 10.4. The summed E-state index contributed by atoms with van der Waals surface area (Å²) in [5.41, 5.74) is 5.41. The van der Waals surface area contributed by atoms with Crippen LogP contribution in [0.4, 0.5) is 0 Å². The molecule has 18 heavy (non-hydrogen) atoms. The molecule has 1 aromatic heterocycles. The van der Waals surface area contributed by atoms with E-state index in [1.165, 1.54) is 12.8 Å². The highest BCUT2D eigenvalue weighted by Gasteiger charge is 2.12. The second kappa shape index (κ2) is 6.35. The third-order valence-electron chi connectivity index (χ3n) is 3.15. The minimum Gasteiger partial charge on any atom is -0.478 e. The molecule has 0 saturated carbocycles. The Morgan fingerprint density at radius 1 is 1.56 bits per heavy atom. The topological polar surface area (TPSA) is 77.2 Å². The van der Waals surface area contributed by atoms with Gasteiger partial charge in [0.25, 0.3) is 5.91 Å². The van der Waals surface area contributed by atoms with Gasteiger partial charge in [-0.1, -0.05) is 6.07 Å². The van der Waals surface area contributed by atoms with Crippen molar-refractivity contribution < 1.29 is 9.53 Å². The third-order valence-corrected chi connectivity index (χ3v) is 3.15. The Morgan fingerprint density at radius 2 is 2.44 bits per heavy atom. The molecule has 0 radical (unpaired) electrons. The highest BCUT2D eigenvalue weighted by molar-refractivity contribution is 5.90. The maximum absolute atomic E-state index is 11.0. The summed E-state index contributed by atoms with van der Waals surface area (Å²) in [4.78, 5) is 15.0. The van der Waals surface area contributed by atoms with Gasteiger partial charge in [-0.3, -0.25) is 4.79 Å². The van der Waals surface area contributed by atoms with Gasteiger partial charge in [-0.25, -0.2) is 4.98 Å². The van der Waals surface area contributed by atoms with Crippen molar-refractivity contribution in [1.82, 2.24) is 10.3 Å². The molecule has 5 nitrogen and oxygen atoms in total. The Morgan fingerprint density at radius 3 is 3.17 bits per heavy atom. The number of ether oxygens (including phenoxy) is 1. The van der Waals surface area contributed by atoms with Crippen molar-refractivity contribution in [3.63, 3.8) is 0 Å². The maximum Gasteiger partial charge on any atom is 0.267 e. The summed E-state index contributed by atoms with van der Waals surface area (Å²) in [6, 6.07) is 5.05. The number of piperidine rings is 1. The summed E-state index contributed by atoms with van der Waals surface area (Å²) >= 11 is 0. The number of rotatable bonds is 5. The van der Waals surface area contributed by atoms with Crippen molar-refractivity contribution in [3.8, 4) is 5.88 Å². The number of carbonyl (C=O) groups excluding carboxylic acids is 1. The second-order valence-electron chi connectivity index (χ2n) is 4.57. The van der Waals surface area contributed by atoms with Crippen molar-refractivity contribution in [1.29, 1.82) is 0 Å². The first kappa shape index (κ1) is 12.8. The number of carbonyl (C=O) groups is 1. The van der Waals surface area contributed by atoms with Gasteiger partial charge in [0, 0.05) is 6.07 Å².